The van der Waals surface area contributed by atoms with Gasteiger partial charge in [0.2, 0.25) is 5.78 Å². The minimum absolute atomic E-state index is 0.132. The molecule has 1 aromatic heterocycles. The first kappa shape index (κ1) is 12.3. The molecule has 0 bridgehead atoms. The maximum absolute atomic E-state index is 13.1. The summed E-state index contributed by atoms with van der Waals surface area (Å²) < 4.78 is 23.3. The Morgan fingerprint density at radius 1 is 1.39 bits per heavy atom. The smallest absolute Gasteiger partial charge is 0.228 e. The van der Waals surface area contributed by atoms with Gasteiger partial charge in [-0.3, -0.25) is 4.79 Å². The molecule has 0 aliphatic rings. The van der Waals surface area contributed by atoms with Crippen LogP contribution in [0.5, 0.6) is 0 Å². The number of hydrogen-bond acceptors (Lipinski definition) is 4. The van der Waals surface area contributed by atoms with Gasteiger partial charge in [0.05, 0.1) is 0 Å². The SMILES string of the molecule is COCc1ccc(C(=O)c2cc(N)cc(F)c2)o1. The Bertz CT molecular complexity index is 557. The molecule has 0 aliphatic carbocycles. The van der Waals surface area contributed by atoms with Gasteiger partial charge < -0.3 is 14.9 Å². The fraction of sp³-hybridized carbons (Fsp3) is 0.154. The number of hydrogen-bond donors (Lipinski definition) is 1. The number of nitrogen functional groups attached to an aromatic ring is 1. The molecule has 94 valence electrons. The average Bonchev–Trinajstić information content (AvgIpc) is 2.76. The van der Waals surface area contributed by atoms with E-state index in [4.69, 9.17) is 14.9 Å². The standard InChI is InChI=1S/C13H12FNO3/c1-17-7-11-2-3-12(18-11)13(16)8-4-9(14)6-10(15)5-8/h2-6H,7,15H2,1H3. The maximum atomic E-state index is 13.1. The van der Waals surface area contributed by atoms with E-state index in [0.29, 0.717) is 5.76 Å². The van der Waals surface area contributed by atoms with Crippen molar-refractivity contribution in [2.45, 2.75) is 6.61 Å². The van der Waals surface area contributed by atoms with E-state index in [1.807, 2.05) is 0 Å². The van der Waals surface area contributed by atoms with E-state index in [0.717, 1.165) is 12.1 Å². The van der Waals surface area contributed by atoms with E-state index in [9.17, 15) is 9.18 Å². The zero-order valence-electron chi connectivity index (χ0n) is 9.77. The molecule has 0 spiro atoms. The van der Waals surface area contributed by atoms with Crippen molar-refractivity contribution in [1.29, 1.82) is 0 Å². The van der Waals surface area contributed by atoms with Gasteiger partial charge in [0, 0.05) is 18.4 Å². The molecule has 0 atom stereocenters. The lowest BCUT2D eigenvalue weighted by molar-refractivity contribution is 0.0999. The van der Waals surface area contributed by atoms with Crippen LogP contribution in [0.2, 0.25) is 0 Å². The lowest BCUT2D eigenvalue weighted by atomic mass is 10.1. The van der Waals surface area contributed by atoms with E-state index in [1.165, 1.54) is 19.2 Å². The number of anilines is 1. The van der Waals surface area contributed by atoms with Crippen molar-refractivity contribution in [2.24, 2.45) is 0 Å². The number of ketones is 1. The number of carbonyl (C=O) groups is 1. The minimum Gasteiger partial charge on any atom is -0.455 e. The summed E-state index contributed by atoms with van der Waals surface area (Å²) in [6, 6.07) is 6.84. The van der Waals surface area contributed by atoms with Gasteiger partial charge in [0.1, 0.15) is 18.2 Å². The highest BCUT2D eigenvalue weighted by molar-refractivity contribution is 6.07. The number of benzene rings is 1. The number of methoxy groups -OCH3 is 1. The van der Waals surface area contributed by atoms with E-state index in [2.05, 4.69) is 0 Å². The number of rotatable bonds is 4. The van der Waals surface area contributed by atoms with Crippen LogP contribution in [-0.2, 0) is 11.3 Å². The Hall–Kier alpha value is -2.14. The van der Waals surface area contributed by atoms with Gasteiger partial charge in [-0.05, 0) is 30.3 Å². The number of nitrogens with two attached hydrogens (primary N) is 1. The second kappa shape index (κ2) is 5.01. The minimum atomic E-state index is -0.554. The molecule has 18 heavy (non-hydrogen) atoms. The van der Waals surface area contributed by atoms with Crippen LogP contribution in [0.4, 0.5) is 10.1 Å². The molecular weight excluding hydrogens is 237 g/mol. The molecule has 2 rings (SSSR count). The molecule has 1 heterocycles. The predicted octanol–water partition coefficient (Wildman–Crippen LogP) is 2.38. The van der Waals surface area contributed by atoms with Gasteiger partial charge >= 0.3 is 0 Å². The third-order valence-corrected chi connectivity index (χ3v) is 2.35. The zero-order chi connectivity index (χ0) is 13.1. The molecule has 0 amide bonds. The molecule has 2 aromatic rings. The van der Waals surface area contributed by atoms with Crippen LogP contribution < -0.4 is 5.73 Å². The summed E-state index contributed by atoms with van der Waals surface area (Å²) in [6.45, 7) is 0.276. The third-order valence-electron chi connectivity index (χ3n) is 2.35. The molecule has 0 saturated carbocycles. The molecule has 0 saturated heterocycles. The van der Waals surface area contributed by atoms with Crippen LogP contribution in [0.3, 0.4) is 0 Å². The highest BCUT2D eigenvalue weighted by atomic mass is 19.1. The van der Waals surface area contributed by atoms with Crippen LogP contribution in [0.1, 0.15) is 21.9 Å². The van der Waals surface area contributed by atoms with Crippen molar-refractivity contribution in [1.82, 2.24) is 0 Å². The number of carbonyl (C=O) groups excluding carboxylic acids is 1. The van der Waals surface area contributed by atoms with Gasteiger partial charge in [-0.25, -0.2) is 4.39 Å². The molecule has 1 aromatic carbocycles. The number of halogens is 1. The molecular formula is C13H12FNO3. The summed E-state index contributed by atoms with van der Waals surface area (Å²) >= 11 is 0. The lowest BCUT2D eigenvalue weighted by Crippen LogP contribution is -2.02. The van der Waals surface area contributed by atoms with Crippen LogP contribution in [0, 0.1) is 5.82 Å². The van der Waals surface area contributed by atoms with E-state index < -0.39 is 11.6 Å². The highest BCUT2D eigenvalue weighted by Gasteiger charge is 2.15. The first-order valence-corrected chi connectivity index (χ1v) is 5.28. The average molecular weight is 249 g/mol. The van der Waals surface area contributed by atoms with Crippen molar-refractivity contribution in [3.63, 3.8) is 0 Å². The fourth-order valence-electron chi connectivity index (χ4n) is 1.61. The largest absolute Gasteiger partial charge is 0.455 e. The van der Waals surface area contributed by atoms with Crippen LogP contribution in [-0.4, -0.2) is 12.9 Å². The van der Waals surface area contributed by atoms with Crippen molar-refractivity contribution >= 4 is 11.5 Å². The molecule has 4 nitrogen and oxygen atoms in total. The van der Waals surface area contributed by atoms with Gasteiger partial charge in [0.15, 0.2) is 5.76 Å². The summed E-state index contributed by atoms with van der Waals surface area (Å²) in [4.78, 5) is 12.0. The van der Waals surface area contributed by atoms with Crippen molar-refractivity contribution in [2.75, 3.05) is 12.8 Å². The third kappa shape index (κ3) is 2.57. The second-order valence-corrected chi connectivity index (χ2v) is 3.80. The van der Waals surface area contributed by atoms with Crippen LogP contribution >= 0.6 is 0 Å². The van der Waals surface area contributed by atoms with Gasteiger partial charge in [-0.1, -0.05) is 0 Å². The predicted molar refractivity (Wildman–Crippen MR) is 63.7 cm³/mol. The van der Waals surface area contributed by atoms with E-state index in [1.54, 1.807) is 6.07 Å². The van der Waals surface area contributed by atoms with Crippen LogP contribution in [0.25, 0.3) is 0 Å². The molecule has 2 N–H and O–H groups in total. The first-order valence-electron chi connectivity index (χ1n) is 5.28. The topological polar surface area (TPSA) is 65.5 Å². The van der Waals surface area contributed by atoms with Gasteiger partial charge in [0.25, 0.3) is 0 Å². The Balaban J connectivity index is 2.29. The molecule has 0 radical (unpaired) electrons. The van der Waals surface area contributed by atoms with Gasteiger partial charge in [-0.15, -0.1) is 0 Å². The maximum Gasteiger partial charge on any atom is 0.228 e. The van der Waals surface area contributed by atoms with E-state index >= 15 is 0 Å². The quantitative estimate of drug-likeness (QED) is 0.667. The molecule has 0 fully saturated rings. The summed E-state index contributed by atoms with van der Waals surface area (Å²) in [5.41, 5.74) is 5.84. The summed E-state index contributed by atoms with van der Waals surface area (Å²) in [5.74, 6) is -0.303. The zero-order valence-corrected chi connectivity index (χ0v) is 9.77. The van der Waals surface area contributed by atoms with E-state index in [-0.39, 0.29) is 23.6 Å². The van der Waals surface area contributed by atoms with Crippen LogP contribution in [0.15, 0.2) is 34.7 Å². The molecule has 5 heteroatoms. The number of ether oxygens (including phenoxy) is 1. The summed E-state index contributed by atoms with van der Waals surface area (Å²) in [7, 11) is 1.53. The van der Waals surface area contributed by atoms with Crippen molar-refractivity contribution in [3.05, 3.63) is 53.2 Å². The summed E-state index contributed by atoms with van der Waals surface area (Å²) in [6.07, 6.45) is 0. The monoisotopic (exact) mass is 249 g/mol. The highest BCUT2D eigenvalue weighted by Crippen LogP contribution is 2.17. The Labute approximate surface area is 103 Å². The molecule has 0 unspecified atom stereocenters. The second-order valence-electron chi connectivity index (χ2n) is 3.80. The number of furan rings is 1. The summed E-state index contributed by atoms with van der Waals surface area (Å²) in [5, 5.41) is 0. The molecule has 0 aliphatic heterocycles. The van der Waals surface area contributed by atoms with Crippen molar-refractivity contribution < 1.29 is 18.3 Å². The Morgan fingerprint density at radius 2 is 2.17 bits per heavy atom. The van der Waals surface area contributed by atoms with Crippen molar-refractivity contribution in [3.8, 4) is 0 Å². The van der Waals surface area contributed by atoms with Gasteiger partial charge in [-0.2, -0.15) is 0 Å². The normalized spacial score (nSPS) is 10.6. The lowest BCUT2D eigenvalue weighted by Gasteiger charge is -2.00. The first-order chi connectivity index (χ1) is 8.60. The Morgan fingerprint density at radius 3 is 2.83 bits per heavy atom. The Kier molecular flexibility index (Phi) is 3.43. The fourth-order valence-corrected chi connectivity index (χ4v) is 1.61.